The molecule has 0 spiro atoms. The number of methoxy groups -OCH3 is 1. The molecule has 4 nitrogen and oxygen atoms in total. The van der Waals surface area contributed by atoms with Gasteiger partial charge in [-0.2, -0.15) is 0 Å². The van der Waals surface area contributed by atoms with Gasteiger partial charge in [-0.05, 0) is 13.8 Å². The standard InChI is InChI=1S/2C5H8O2/c1-4(2)5(6)7-3;1-3-4(2)5(6)7/h1H2,2-3H3;3-4H,1H2,2H3,(H,6,7). The minimum Gasteiger partial charge on any atom is -0.481 e. The van der Waals surface area contributed by atoms with E-state index in [1.54, 1.807) is 13.8 Å². The highest BCUT2D eigenvalue weighted by Gasteiger charge is 2.02. The fourth-order valence-electron chi connectivity index (χ4n) is 0.275. The molecule has 0 aliphatic carbocycles. The SMILES string of the molecule is C=C(C)C(=O)OC.C=CC(C)C(=O)O. The summed E-state index contributed by atoms with van der Waals surface area (Å²) in [6.45, 7) is 9.83. The van der Waals surface area contributed by atoms with E-state index in [0.29, 0.717) is 5.57 Å². The molecule has 0 saturated carbocycles. The Kier molecular flexibility index (Phi) is 8.57. The van der Waals surface area contributed by atoms with Gasteiger partial charge in [0.05, 0.1) is 13.0 Å². The summed E-state index contributed by atoms with van der Waals surface area (Å²) in [5, 5.41) is 8.11. The van der Waals surface area contributed by atoms with Gasteiger partial charge in [0.1, 0.15) is 0 Å². The lowest BCUT2D eigenvalue weighted by Crippen LogP contribution is -2.04. The van der Waals surface area contributed by atoms with Gasteiger partial charge in [0.2, 0.25) is 0 Å². The summed E-state index contributed by atoms with van der Waals surface area (Å²) in [7, 11) is 1.33. The number of carbonyl (C=O) groups excluding carboxylic acids is 1. The summed E-state index contributed by atoms with van der Waals surface area (Å²) < 4.78 is 4.27. The lowest BCUT2D eigenvalue weighted by molar-refractivity contribution is -0.139. The van der Waals surface area contributed by atoms with Gasteiger partial charge in [0, 0.05) is 5.57 Å². The van der Waals surface area contributed by atoms with E-state index in [1.807, 2.05) is 0 Å². The lowest BCUT2D eigenvalue weighted by atomic mass is 10.2. The Bertz CT molecular complexity index is 230. The average molecular weight is 200 g/mol. The van der Waals surface area contributed by atoms with E-state index in [4.69, 9.17) is 5.11 Å². The zero-order valence-electron chi connectivity index (χ0n) is 8.74. The molecule has 4 heteroatoms. The first kappa shape index (κ1) is 14.9. The van der Waals surface area contributed by atoms with Crippen LogP contribution in [0.2, 0.25) is 0 Å². The van der Waals surface area contributed by atoms with Crippen molar-refractivity contribution in [1.29, 1.82) is 0 Å². The smallest absolute Gasteiger partial charge is 0.332 e. The topological polar surface area (TPSA) is 63.6 Å². The van der Waals surface area contributed by atoms with Crippen LogP contribution >= 0.6 is 0 Å². The van der Waals surface area contributed by atoms with Crippen LogP contribution < -0.4 is 0 Å². The summed E-state index contributed by atoms with van der Waals surface area (Å²) in [6, 6.07) is 0. The van der Waals surface area contributed by atoms with Crippen molar-refractivity contribution in [3.63, 3.8) is 0 Å². The number of carboxylic acids is 1. The van der Waals surface area contributed by atoms with Crippen LogP contribution in [0.15, 0.2) is 24.8 Å². The second kappa shape index (κ2) is 8.04. The van der Waals surface area contributed by atoms with Crippen molar-refractivity contribution >= 4 is 11.9 Å². The number of aliphatic carboxylic acids is 1. The molecule has 0 bridgehead atoms. The third kappa shape index (κ3) is 8.52. The van der Waals surface area contributed by atoms with Gasteiger partial charge in [0.25, 0.3) is 0 Å². The molecule has 0 aromatic heterocycles. The maximum absolute atomic E-state index is 10.2. The highest BCUT2D eigenvalue weighted by Crippen LogP contribution is 1.92. The Hall–Kier alpha value is -1.58. The van der Waals surface area contributed by atoms with Crippen LogP contribution in [0.3, 0.4) is 0 Å². The monoisotopic (exact) mass is 200 g/mol. The lowest BCUT2D eigenvalue weighted by Gasteiger charge is -1.92. The molecule has 0 aromatic rings. The van der Waals surface area contributed by atoms with Gasteiger partial charge in [-0.1, -0.05) is 12.7 Å². The largest absolute Gasteiger partial charge is 0.481 e. The van der Waals surface area contributed by atoms with Gasteiger partial charge in [-0.15, -0.1) is 6.58 Å². The van der Waals surface area contributed by atoms with Crippen molar-refractivity contribution in [3.05, 3.63) is 24.8 Å². The zero-order chi connectivity index (χ0) is 11.7. The molecule has 0 heterocycles. The summed E-state index contributed by atoms with van der Waals surface area (Å²) in [4.78, 5) is 20.0. The number of hydrogen-bond acceptors (Lipinski definition) is 3. The van der Waals surface area contributed by atoms with E-state index in [9.17, 15) is 9.59 Å². The van der Waals surface area contributed by atoms with Gasteiger partial charge < -0.3 is 9.84 Å². The summed E-state index contributed by atoms with van der Waals surface area (Å²) in [5.41, 5.74) is 0.433. The third-order valence-corrected chi connectivity index (χ3v) is 1.28. The van der Waals surface area contributed by atoms with Gasteiger partial charge in [-0.25, -0.2) is 4.79 Å². The number of carbonyl (C=O) groups is 2. The predicted molar refractivity (Wildman–Crippen MR) is 53.8 cm³/mol. The molecule has 0 radical (unpaired) electrons. The fraction of sp³-hybridized carbons (Fsp3) is 0.400. The zero-order valence-corrected chi connectivity index (χ0v) is 8.74. The molecule has 0 aliphatic heterocycles. The van der Waals surface area contributed by atoms with E-state index >= 15 is 0 Å². The van der Waals surface area contributed by atoms with Crippen LogP contribution in [0.1, 0.15) is 13.8 Å². The Morgan fingerprint density at radius 2 is 1.93 bits per heavy atom. The Labute approximate surface area is 83.9 Å². The molecule has 1 unspecified atom stereocenters. The molecule has 14 heavy (non-hydrogen) atoms. The van der Waals surface area contributed by atoms with Crippen molar-refractivity contribution in [2.45, 2.75) is 13.8 Å². The normalized spacial score (nSPS) is 10.2. The quantitative estimate of drug-likeness (QED) is 0.427. The van der Waals surface area contributed by atoms with Crippen molar-refractivity contribution in [1.82, 2.24) is 0 Å². The van der Waals surface area contributed by atoms with Crippen LogP contribution in [0.5, 0.6) is 0 Å². The first-order valence-corrected chi connectivity index (χ1v) is 3.96. The number of carboxylic acid groups (broad SMARTS) is 1. The minimum absolute atomic E-state index is 0.347. The molecule has 0 amide bonds. The van der Waals surface area contributed by atoms with Crippen LogP contribution in [-0.2, 0) is 14.3 Å². The summed E-state index contributed by atoms with van der Waals surface area (Å²) in [5.74, 6) is -1.59. The number of esters is 1. The van der Waals surface area contributed by atoms with Crippen molar-refractivity contribution in [2.24, 2.45) is 5.92 Å². The summed E-state index contributed by atoms with van der Waals surface area (Å²) >= 11 is 0. The minimum atomic E-state index is -0.824. The van der Waals surface area contributed by atoms with E-state index in [0.717, 1.165) is 0 Å². The van der Waals surface area contributed by atoms with E-state index in [-0.39, 0.29) is 5.97 Å². The van der Waals surface area contributed by atoms with E-state index in [1.165, 1.54) is 13.2 Å². The second-order valence-electron chi connectivity index (χ2n) is 2.63. The Morgan fingerprint density at radius 3 is 1.93 bits per heavy atom. The molecular weight excluding hydrogens is 184 g/mol. The van der Waals surface area contributed by atoms with Gasteiger partial charge in [0.15, 0.2) is 0 Å². The average Bonchev–Trinajstić information content (AvgIpc) is 2.15. The highest BCUT2D eigenvalue weighted by molar-refractivity contribution is 5.86. The van der Waals surface area contributed by atoms with Crippen molar-refractivity contribution in [3.8, 4) is 0 Å². The molecule has 80 valence electrons. The number of hydrogen-bond donors (Lipinski definition) is 1. The molecule has 0 aromatic carbocycles. The van der Waals surface area contributed by atoms with Crippen LogP contribution in [0.25, 0.3) is 0 Å². The van der Waals surface area contributed by atoms with Crippen molar-refractivity contribution < 1.29 is 19.4 Å². The number of rotatable bonds is 3. The van der Waals surface area contributed by atoms with Gasteiger partial charge in [-0.3, -0.25) is 4.79 Å². The summed E-state index contributed by atoms with van der Waals surface area (Å²) in [6.07, 6.45) is 1.39. The Balaban J connectivity index is 0. The second-order valence-corrected chi connectivity index (χ2v) is 2.63. The van der Waals surface area contributed by atoms with Gasteiger partial charge >= 0.3 is 11.9 Å². The fourth-order valence-corrected chi connectivity index (χ4v) is 0.275. The third-order valence-electron chi connectivity index (χ3n) is 1.28. The highest BCUT2D eigenvalue weighted by atomic mass is 16.5. The van der Waals surface area contributed by atoms with E-state index in [2.05, 4.69) is 17.9 Å². The molecule has 1 atom stereocenters. The van der Waals surface area contributed by atoms with Crippen LogP contribution in [-0.4, -0.2) is 24.2 Å². The molecule has 1 N–H and O–H groups in total. The maximum atomic E-state index is 10.2. The molecule has 0 aliphatic rings. The predicted octanol–water partition coefficient (Wildman–Crippen LogP) is 1.63. The van der Waals surface area contributed by atoms with Crippen LogP contribution in [0, 0.1) is 5.92 Å². The molecular formula is C10H16O4. The molecule has 0 saturated heterocycles. The first-order chi connectivity index (χ1) is 6.36. The molecule has 0 rings (SSSR count). The number of ether oxygens (including phenoxy) is 1. The van der Waals surface area contributed by atoms with Crippen molar-refractivity contribution in [2.75, 3.05) is 7.11 Å². The first-order valence-electron chi connectivity index (χ1n) is 3.96. The van der Waals surface area contributed by atoms with E-state index < -0.39 is 11.9 Å². The maximum Gasteiger partial charge on any atom is 0.332 e. The Morgan fingerprint density at radius 1 is 1.50 bits per heavy atom. The van der Waals surface area contributed by atoms with Crippen LogP contribution in [0.4, 0.5) is 0 Å². The molecule has 0 fully saturated rings.